The van der Waals surface area contributed by atoms with Crippen LogP contribution in [0.4, 0.5) is 14.5 Å². The molecule has 0 aliphatic carbocycles. The Bertz CT molecular complexity index is 1230. The summed E-state index contributed by atoms with van der Waals surface area (Å²) in [4.78, 5) is 17.1. The molecule has 3 heterocycles. The van der Waals surface area contributed by atoms with Gasteiger partial charge in [-0.25, -0.2) is 9.67 Å². The van der Waals surface area contributed by atoms with Gasteiger partial charge in [0.25, 0.3) is 5.91 Å². The maximum atomic E-state index is 13.2. The number of alkyl halides is 2. The molecule has 0 radical (unpaired) electrons. The van der Waals surface area contributed by atoms with E-state index in [1.807, 2.05) is 26.0 Å². The van der Waals surface area contributed by atoms with E-state index in [0.717, 1.165) is 17.1 Å². The minimum Gasteiger partial charge on any atom is -0.395 e. The number of rotatable bonds is 2. The molecule has 5 rings (SSSR count). The van der Waals surface area contributed by atoms with Gasteiger partial charge in [0.15, 0.2) is 11.5 Å². The Morgan fingerprint density at radius 2 is 1.90 bits per heavy atom. The van der Waals surface area contributed by atoms with Crippen LogP contribution in [-0.2, 0) is 6.42 Å². The van der Waals surface area contributed by atoms with Crippen molar-refractivity contribution >= 4 is 17.4 Å². The van der Waals surface area contributed by atoms with Gasteiger partial charge in [-0.15, -0.1) is 8.78 Å². The van der Waals surface area contributed by atoms with Gasteiger partial charge in [0.2, 0.25) is 0 Å². The van der Waals surface area contributed by atoms with Gasteiger partial charge >= 0.3 is 6.29 Å². The second kappa shape index (κ2) is 6.38. The predicted octanol–water partition coefficient (Wildman–Crippen LogP) is 3.83. The largest absolute Gasteiger partial charge is 0.586 e. The molecule has 30 heavy (non-hydrogen) atoms. The highest BCUT2D eigenvalue weighted by Crippen LogP contribution is 2.45. The Labute approximate surface area is 169 Å². The molecule has 3 aromatic rings. The summed E-state index contributed by atoms with van der Waals surface area (Å²) in [7, 11) is 0. The van der Waals surface area contributed by atoms with Crippen molar-refractivity contribution in [3.05, 3.63) is 65.0 Å². The molecular weight excluding hydrogens is 394 g/mol. The summed E-state index contributed by atoms with van der Waals surface area (Å²) in [6.07, 6.45) is -3.38. The van der Waals surface area contributed by atoms with Crippen molar-refractivity contribution in [2.75, 3.05) is 0 Å². The minimum absolute atomic E-state index is 0.0425. The van der Waals surface area contributed by atoms with Gasteiger partial charge < -0.3 is 14.8 Å². The van der Waals surface area contributed by atoms with Crippen molar-refractivity contribution in [3.8, 4) is 17.2 Å². The fourth-order valence-corrected chi connectivity index (χ4v) is 3.58. The normalized spacial score (nSPS) is 15.7. The third-order valence-corrected chi connectivity index (χ3v) is 4.84. The molecule has 0 spiro atoms. The maximum Gasteiger partial charge on any atom is 0.586 e. The van der Waals surface area contributed by atoms with Crippen molar-refractivity contribution in [2.24, 2.45) is 4.99 Å². The molecule has 9 heteroatoms. The molecule has 7 nitrogen and oxygen atoms in total. The molecule has 2 aliphatic heterocycles. The van der Waals surface area contributed by atoms with Crippen molar-refractivity contribution in [2.45, 2.75) is 26.6 Å². The number of benzene rings is 2. The monoisotopic (exact) mass is 410 g/mol. The predicted molar refractivity (Wildman–Crippen MR) is 104 cm³/mol. The van der Waals surface area contributed by atoms with Gasteiger partial charge in [-0.2, -0.15) is 5.10 Å². The summed E-state index contributed by atoms with van der Waals surface area (Å²) >= 11 is 0. The van der Waals surface area contributed by atoms with Crippen LogP contribution in [0.1, 0.15) is 27.3 Å². The molecule has 0 bridgehead atoms. The van der Waals surface area contributed by atoms with Crippen molar-refractivity contribution in [3.63, 3.8) is 0 Å². The summed E-state index contributed by atoms with van der Waals surface area (Å²) in [6.45, 7) is 3.85. The highest BCUT2D eigenvalue weighted by atomic mass is 19.3. The molecule has 1 aromatic heterocycles. The van der Waals surface area contributed by atoms with Crippen LogP contribution in [-0.4, -0.2) is 27.8 Å². The number of carbonyl (C=O) groups is 1. The van der Waals surface area contributed by atoms with E-state index in [1.54, 1.807) is 22.9 Å². The fourth-order valence-electron chi connectivity index (χ4n) is 3.58. The molecule has 0 unspecified atom stereocenters. The number of nitrogens with one attached hydrogen (secondary N) is 1. The number of aliphatic imine (C=N–C) groups is 1. The molecule has 1 N–H and O–H groups in total. The lowest BCUT2D eigenvalue weighted by Crippen LogP contribution is -2.30. The number of amidine groups is 1. The van der Waals surface area contributed by atoms with Crippen LogP contribution in [0.5, 0.6) is 11.5 Å². The Hall–Kier alpha value is -3.75. The van der Waals surface area contributed by atoms with Crippen LogP contribution in [0.15, 0.2) is 47.5 Å². The number of aromatic nitrogens is 2. The van der Waals surface area contributed by atoms with Crippen LogP contribution in [0.25, 0.3) is 5.69 Å². The second-order valence-electron chi connectivity index (χ2n) is 7.17. The Kier molecular flexibility index (Phi) is 3.89. The van der Waals surface area contributed by atoms with E-state index in [9.17, 15) is 13.6 Å². The minimum atomic E-state index is -3.67. The summed E-state index contributed by atoms with van der Waals surface area (Å²) < 4.78 is 37.1. The average Bonchev–Trinajstić information content (AvgIpc) is 3.31. The molecule has 2 aliphatic rings. The van der Waals surface area contributed by atoms with Crippen molar-refractivity contribution in [1.82, 2.24) is 15.1 Å². The van der Waals surface area contributed by atoms with E-state index in [0.29, 0.717) is 29.1 Å². The number of fused-ring (bicyclic) bond motifs is 2. The van der Waals surface area contributed by atoms with E-state index in [2.05, 4.69) is 24.9 Å². The quantitative estimate of drug-likeness (QED) is 0.697. The van der Waals surface area contributed by atoms with Gasteiger partial charge in [0.05, 0.1) is 17.1 Å². The number of carbonyl (C=O) groups excluding carboxylic acids is 1. The summed E-state index contributed by atoms with van der Waals surface area (Å²) in [5.41, 5.74) is 4.20. The van der Waals surface area contributed by atoms with Crippen molar-refractivity contribution < 1.29 is 23.0 Å². The van der Waals surface area contributed by atoms with E-state index in [1.165, 1.54) is 12.1 Å². The SMILES string of the molecule is Cc1cc(C)n(-c2cccc(C(=O)NC3=Nc4cc5c(cc4C3)OC(F)(F)O5)c2)n1. The second-order valence-corrected chi connectivity index (χ2v) is 7.17. The first-order valence-electron chi connectivity index (χ1n) is 9.23. The molecule has 1 amide bonds. The van der Waals surface area contributed by atoms with E-state index < -0.39 is 6.29 Å². The lowest BCUT2D eigenvalue weighted by molar-refractivity contribution is -0.286. The smallest absolute Gasteiger partial charge is 0.395 e. The Morgan fingerprint density at radius 3 is 2.63 bits per heavy atom. The van der Waals surface area contributed by atoms with E-state index in [4.69, 9.17) is 0 Å². The van der Waals surface area contributed by atoms with Gasteiger partial charge in [-0.1, -0.05) is 6.07 Å². The van der Waals surface area contributed by atoms with E-state index in [-0.39, 0.29) is 17.4 Å². The molecule has 0 saturated carbocycles. The van der Waals surface area contributed by atoms with Gasteiger partial charge in [0.1, 0.15) is 5.84 Å². The zero-order valence-electron chi connectivity index (χ0n) is 16.1. The van der Waals surface area contributed by atoms with E-state index >= 15 is 0 Å². The molecule has 0 saturated heterocycles. The first kappa shape index (κ1) is 18.3. The van der Waals surface area contributed by atoms with Gasteiger partial charge in [-0.05, 0) is 49.7 Å². The lowest BCUT2D eigenvalue weighted by atomic mass is 10.1. The standard InChI is InChI=1S/C21H16F2N4O3/c1-11-6-12(2)27(26-11)15-5-3-4-13(7-15)20(28)25-19-9-14-8-17-18(10-16(14)24-19)30-21(22,23)29-17/h3-8,10H,9H2,1-2H3,(H,24,25,28). The number of amides is 1. The Morgan fingerprint density at radius 1 is 1.13 bits per heavy atom. The zero-order chi connectivity index (χ0) is 21.0. The highest BCUT2D eigenvalue weighted by molar-refractivity contribution is 6.09. The first-order valence-corrected chi connectivity index (χ1v) is 9.23. The van der Waals surface area contributed by atoms with Crippen LogP contribution in [0.3, 0.4) is 0 Å². The van der Waals surface area contributed by atoms with Gasteiger partial charge in [0, 0.05) is 23.7 Å². The number of hydrogen-bond donors (Lipinski definition) is 1. The maximum absolute atomic E-state index is 13.2. The average molecular weight is 410 g/mol. The summed E-state index contributed by atoms with van der Waals surface area (Å²) in [5.74, 6) is -0.0229. The third-order valence-electron chi connectivity index (χ3n) is 4.84. The lowest BCUT2D eigenvalue weighted by Gasteiger charge is -2.08. The van der Waals surface area contributed by atoms with Gasteiger partial charge in [-0.3, -0.25) is 4.79 Å². The third kappa shape index (κ3) is 3.18. The van der Waals surface area contributed by atoms with Crippen molar-refractivity contribution in [1.29, 1.82) is 0 Å². The molecule has 2 aromatic carbocycles. The van der Waals surface area contributed by atoms with Crippen LogP contribution < -0.4 is 14.8 Å². The van der Waals surface area contributed by atoms with Crippen LogP contribution in [0, 0.1) is 13.8 Å². The molecule has 0 fully saturated rings. The topological polar surface area (TPSA) is 77.7 Å². The highest BCUT2D eigenvalue weighted by Gasteiger charge is 2.44. The number of nitrogens with zero attached hydrogens (tertiary/aromatic N) is 3. The first-order chi connectivity index (χ1) is 14.3. The summed E-state index contributed by atoms with van der Waals surface area (Å²) in [6, 6.07) is 11.9. The van der Waals surface area contributed by atoms with Crippen LogP contribution >= 0.6 is 0 Å². The number of ether oxygens (including phenoxy) is 2. The summed E-state index contributed by atoms with van der Waals surface area (Å²) in [5, 5.41) is 7.22. The number of aryl methyl sites for hydroxylation is 2. The molecular formula is C21H16F2N4O3. The number of hydrogen-bond acceptors (Lipinski definition) is 5. The fraction of sp³-hybridized carbons (Fsp3) is 0.190. The zero-order valence-corrected chi connectivity index (χ0v) is 16.1. The molecule has 152 valence electrons. The Balaban J connectivity index is 1.35. The van der Waals surface area contributed by atoms with Crippen LogP contribution in [0.2, 0.25) is 0 Å². The number of halogens is 2. The molecule has 0 atom stereocenters.